The molecule has 0 unspecified atom stereocenters. The maximum Gasteiger partial charge on any atom is 0.0827 e. The molecule has 4 saturated carbocycles. The normalized spacial score (nSPS) is 52.6. The van der Waals surface area contributed by atoms with E-state index in [2.05, 4.69) is 33.0 Å². The van der Waals surface area contributed by atoms with Crippen molar-refractivity contribution in [3.05, 3.63) is 0 Å². The van der Waals surface area contributed by atoms with Crippen molar-refractivity contribution in [2.45, 2.75) is 104 Å². The second-order valence-electron chi connectivity index (χ2n) is 11.0. The molecule has 144 valence electrons. The smallest absolute Gasteiger partial charge is 0.0827 e. The molecule has 0 bridgehead atoms. The van der Waals surface area contributed by atoms with E-state index in [1.54, 1.807) is 0 Å². The lowest BCUT2D eigenvalue weighted by molar-refractivity contribution is -0.150. The van der Waals surface area contributed by atoms with Crippen molar-refractivity contribution in [3.63, 3.8) is 0 Å². The summed E-state index contributed by atoms with van der Waals surface area (Å²) in [5.41, 5.74) is 0.254. The highest BCUT2D eigenvalue weighted by Crippen LogP contribution is 2.68. The van der Waals surface area contributed by atoms with Gasteiger partial charge in [0.2, 0.25) is 0 Å². The maximum atomic E-state index is 11.6. The van der Waals surface area contributed by atoms with Crippen LogP contribution < -0.4 is 5.32 Å². The summed E-state index contributed by atoms with van der Waals surface area (Å²) in [5, 5.41) is 15.2. The number of nitrogens with one attached hydrogen (secondary N) is 1. The van der Waals surface area contributed by atoms with Gasteiger partial charge in [0, 0.05) is 18.0 Å². The molecule has 4 rings (SSSR count). The van der Waals surface area contributed by atoms with Crippen LogP contribution in [0.25, 0.3) is 0 Å². The van der Waals surface area contributed by atoms with Crippen LogP contribution in [0.1, 0.15) is 91.9 Å². The molecule has 0 aromatic carbocycles. The fraction of sp³-hybridized carbons (Fsp3) is 1.00. The Morgan fingerprint density at radius 1 is 0.920 bits per heavy atom. The monoisotopic (exact) mass is 347 g/mol. The summed E-state index contributed by atoms with van der Waals surface area (Å²) in [7, 11) is 0. The molecule has 2 N–H and O–H groups in total. The van der Waals surface area contributed by atoms with Gasteiger partial charge in [-0.1, -0.05) is 40.5 Å². The van der Waals surface area contributed by atoms with Gasteiger partial charge in [0.25, 0.3) is 0 Å². The van der Waals surface area contributed by atoms with Gasteiger partial charge < -0.3 is 10.4 Å². The highest BCUT2D eigenvalue weighted by molar-refractivity contribution is 5.14. The van der Waals surface area contributed by atoms with Crippen molar-refractivity contribution in [2.75, 3.05) is 6.54 Å². The molecule has 0 amide bonds. The van der Waals surface area contributed by atoms with E-state index >= 15 is 0 Å². The Bertz CT molecular complexity index is 504. The van der Waals surface area contributed by atoms with E-state index in [0.717, 1.165) is 36.6 Å². The molecule has 0 aliphatic heterocycles. The van der Waals surface area contributed by atoms with Crippen LogP contribution in [0.2, 0.25) is 0 Å². The molecule has 0 aromatic rings. The van der Waals surface area contributed by atoms with E-state index in [-0.39, 0.29) is 5.41 Å². The molecule has 4 fully saturated rings. The van der Waals surface area contributed by atoms with Gasteiger partial charge in [-0.25, -0.2) is 0 Å². The van der Waals surface area contributed by atoms with Crippen LogP contribution >= 0.6 is 0 Å². The van der Waals surface area contributed by atoms with Crippen LogP contribution in [0.4, 0.5) is 0 Å². The first kappa shape index (κ1) is 18.3. The number of hydrogen-bond acceptors (Lipinski definition) is 2. The van der Waals surface area contributed by atoms with Crippen molar-refractivity contribution in [2.24, 2.45) is 34.5 Å². The highest BCUT2D eigenvalue weighted by atomic mass is 16.3. The van der Waals surface area contributed by atoms with E-state index in [0.29, 0.717) is 11.5 Å². The van der Waals surface area contributed by atoms with Crippen molar-refractivity contribution >= 4 is 0 Å². The molecule has 2 heteroatoms. The molecular weight excluding hydrogens is 306 g/mol. The van der Waals surface area contributed by atoms with Crippen LogP contribution in [-0.4, -0.2) is 23.3 Å². The molecular formula is C23H41NO. The summed E-state index contributed by atoms with van der Waals surface area (Å²) in [6, 6.07) is 0.458. The second kappa shape index (κ2) is 6.23. The third-order valence-electron chi connectivity index (χ3n) is 9.71. The first-order valence-corrected chi connectivity index (χ1v) is 11.3. The Morgan fingerprint density at radius 3 is 2.44 bits per heavy atom. The third-order valence-corrected chi connectivity index (χ3v) is 9.71. The minimum Gasteiger partial charge on any atom is -0.388 e. The third kappa shape index (κ3) is 2.64. The number of aliphatic hydroxyl groups is 1. The van der Waals surface area contributed by atoms with Gasteiger partial charge in [-0.2, -0.15) is 0 Å². The van der Waals surface area contributed by atoms with Crippen molar-refractivity contribution in [3.8, 4) is 0 Å². The SMILES string of the molecule is CC(C)NC[C@]1(O)CC[C@@H]2[C@H]3CC[C@H]4CCCC[C@]4(C)[C@@H]3CC[C@@]21C. The van der Waals surface area contributed by atoms with Crippen molar-refractivity contribution in [1.29, 1.82) is 0 Å². The Labute approximate surface area is 155 Å². The molecule has 0 heterocycles. The van der Waals surface area contributed by atoms with E-state index in [1.807, 2.05) is 0 Å². The zero-order chi connectivity index (χ0) is 17.9. The topological polar surface area (TPSA) is 32.3 Å². The lowest BCUT2D eigenvalue weighted by atomic mass is 9.44. The van der Waals surface area contributed by atoms with Gasteiger partial charge in [-0.05, 0) is 80.5 Å². The van der Waals surface area contributed by atoms with Gasteiger partial charge in [0.1, 0.15) is 0 Å². The second-order valence-corrected chi connectivity index (χ2v) is 11.0. The zero-order valence-corrected chi connectivity index (χ0v) is 17.1. The van der Waals surface area contributed by atoms with Crippen LogP contribution in [0, 0.1) is 34.5 Å². The number of fused-ring (bicyclic) bond motifs is 5. The largest absolute Gasteiger partial charge is 0.388 e. The van der Waals surface area contributed by atoms with Gasteiger partial charge in [0.15, 0.2) is 0 Å². The first-order chi connectivity index (χ1) is 11.8. The van der Waals surface area contributed by atoms with E-state index in [1.165, 1.54) is 57.8 Å². The Morgan fingerprint density at radius 2 is 1.68 bits per heavy atom. The van der Waals surface area contributed by atoms with E-state index in [4.69, 9.17) is 0 Å². The van der Waals surface area contributed by atoms with Crippen LogP contribution in [0.15, 0.2) is 0 Å². The zero-order valence-electron chi connectivity index (χ0n) is 17.1. The quantitative estimate of drug-likeness (QED) is 0.740. The minimum absolute atomic E-state index is 0.133. The minimum atomic E-state index is -0.489. The standard InChI is InChI=1S/C23H41NO/c1-16(2)24-15-23(25)14-11-20-18-9-8-17-7-5-6-12-21(17,3)19(18)10-13-22(20,23)4/h16-20,24-25H,5-15H2,1-4H3/t17-,18+,19-,20-,21+,22+,23-/m1/s1. The van der Waals surface area contributed by atoms with Gasteiger partial charge in [0.05, 0.1) is 5.60 Å². The first-order valence-electron chi connectivity index (χ1n) is 11.3. The van der Waals surface area contributed by atoms with Crippen LogP contribution in [0.3, 0.4) is 0 Å². The Balaban J connectivity index is 1.57. The Kier molecular flexibility index (Phi) is 4.56. The maximum absolute atomic E-state index is 11.6. The summed E-state index contributed by atoms with van der Waals surface area (Å²) < 4.78 is 0. The summed E-state index contributed by atoms with van der Waals surface area (Å²) in [6.07, 6.45) is 13.7. The lowest BCUT2D eigenvalue weighted by Crippen LogP contribution is -2.58. The molecule has 7 atom stereocenters. The van der Waals surface area contributed by atoms with Gasteiger partial charge in [-0.3, -0.25) is 0 Å². The molecule has 2 nitrogen and oxygen atoms in total. The fourth-order valence-electron chi connectivity index (χ4n) is 8.07. The van der Waals surface area contributed by atoms with Gasteiger partial charge in [-0.15, -0.1) is 0 Å². The molecule has 0 aromatic heterocycles. The highest BCUT2D eigenvalue weighted by Gasteiger charge is 2.64. The van der Waals surface area contributed by atoms with Crippen molar-refractivity contribution in [1.82, 2.24) is 5.32 Å². The molecule has 4 aliphatic rings. The summed E-state index contributed by atoms with van der Waals surface area (Å²) in [5.74, 6) is 3.57. The van der Waals surface area contributed by atoms with E-state index < -0.39 is 5.60 Å². The summed E-state index contributed by atoms with van der Waals surface area (Å²) >= 11 is 0. The van der Waals surface area contributed by atoms with E-state index in [9.17, 15) is 5.11 Å². The van der Waals surface area contributed by atoms with Crippen LogP contribution in [-0.2, 0) is 0 Å². The average molecular weight is 348 g/mol. The fourth-order valence-corrected chi connectivity index (χ4v) is 8.07. The summed E-state index contributed by atoms with van der Waals surface area (Å²) in [6.45, 7) is 10.3. The molecule has 0 radical (unpaired) electrons. The molecule has 0 spiro atoms. The number of rotatable bonds is 3. The predicted molar refractivity (Wildman–Crippen MR) is 104 cm³/mol. The lowest BCUT2D eigenvalue weighted by Gasteiger charge is -2.61. The predicted octanol–water partition coefficient (Wildman–Crippen LogP) is 5.15. The molecule has 0 saturated heterocycles. The molecule has 25 heavy (non-hydrogen) atoms. The van der Waals surface area contributed by atoms with Crippen LogP contribution in [0.5, 0.6) is 0 Å². The number of hydrogen-bond donors (Lipinski definition) is 2. The Hall–Kier alpha value is -0.0800. The summed E-state index contributed by atoms with van der Waals surface area (Å²) in [4.78, 5) is 0. The average Bonchev–Trinajstić information content (AvgIpc) is 2.84. The molecule has 4 aliphatic carbocycles. The van der Waals surface area contributed by atoms with Crippen molar-refractivity contribution < 1.29 is 5.11 Å². The van der Waals surface area contributed by atoms with Gasteiger partial charge >= 0.3 is 0 Å².